The van der Waals surface area contributed by atoms with Gasteiger partial charge in [0, 0.05) is 11.6 Å². The number of carbonyl (C=O) groups excluding carboxylic acids is 1. The van der Waals surface area contributed by atoms with E-state index in [-0.39, 0.29) is 18.9 Å². The highest BCUT2D eigenvalue weighted by atomic mass is 32.1. The minimum atomic E-state index is -0.141. The lowest BCUT2D eigenvalue weighted by Crippen LogP contribution is -2.15. The normalized spacial score (nSPS) is 10.3. The van der Waals surface area contributed by atoms with Crippen LogP contribution in [0.15, 0.2) is 54.0 Å². The van der Waals surface area contributed by atoms with Gasteiger partial charge in [-0.1, -0.05) is 6.07 Å². The third-order valence-electron chi connectivity index (χ3n) is 3.41. The Hall–Kier alpha value is -2.93. The van der Waals surface area contributed by atoms with Crippen molar-refractivity contribution in [3.05, 3.63) is 54.0 Å². The summed E-state index contributed by atoms with van der Waals surface area (Å²) in [5, 5.41) is 5.21. The van der Waals surface area contributed by atoms with E-state index in [0.717, 1.165) is 17.1 Å². The van der Waals surface area contributed by atoms with Crippen molar-refractivity contribution < 1.29 is 14.3 Å². The zero-order chi connectivity index (χ0) is 18.2. The van der Waals surface area contributed by atoms with Crippen LogP contribution in [0.4, 0.5) is 5.13 Å². The van der Waals surface area contributed by atoms with E-state index in [2.05, 4.69) is 15.3 Å². The predicted molar refractivity (Wildman–Crippen MR) is 102 cm³/mol. The lowest BCUT2D eigenvalue weighted by molar-refractivity contribution is -0.116. The monoisotopic (exact) mass is 369 g/mol. The van der Waals surface area contributed by atoms with Gasteiger partial charge in [-0.25, -0.2) is 4.98 Å². The van der Waals surface area contributed by atoms with Crippen LogP contribution < -0.4 is 14.8 Å². The predicted octanol–water partition coefficient (Wildman–Crippen LogP) is 4.01. The summed E-state index contributed by atoms with van der Waals surface area (Å²) in [6, 6.07) is 13.0. The number of rotatable bonds is 8. The third kappa shape index (κ3) is 5.03. The summed E-state index contributed by atoms with van der Waals surface area (Å²) in [5.41, 5.74) is 1.53. The van der Waals surface area contributed by atoms with Gasteiger partial charge in [-0.2, -0.15) is 0 Å². The second kappa shape index (κ2) is 8.96. The largest absolute Gasteiger partial charge is 0.494 e. The van der Waals surface area contributed by atoms with E-state index in [9.17, 15) is 4.79 Å². The number of hydrogen-bond acceptors (Lipinski definition) is 6. The van der Waals surface area contributed by atoms with Crippen LogP contribution in [0, 0.1) is 0 Å². The number of ether oxygens (including phenoxy) is 2. The number of nitrogens with zero attached hydrogens (tertiary/aromatic N) is 2. The molecule has 0 saturated carbocycles. The second-order valence-corrected chi connectivity index (χ2v) is 6.16. The van der Waals surface area contributed by atoms with Crippen molar-refractivity contribution in [3.8, 4) is 22.9 Å². The first kappa shape index (κ1) is 17.9. The summed E-state index contributed by atoms with van der Waals surface area (Å²) < 4.78 is 11.0. The van der Waals surface area contributed by atoms with Crippen LogP contribution in [0.3, 0.4) is 0 Å². The fourth-order valence-corrected chi connectivity index (χ4v) is 2.93. The van der Waals surface area contributed by atoms with Crippen LogP contribution in [0.2, 0.25) is 0 Å². The highest BCUT2D eigenvalue weighted by Gasteiger charge is 2.09. The first-order valence-corrected chi connectivity index (χ1v) is 9.15. The zero-order valence-corrected chi connectivity index (χ0v) is 15.2. The van der Waals surface area contributed by atoms with Crippen molar-refractivity contribution in [3.63, 3.8) is 0 Å². The van der Waals surface area contributed by atoms with Crippen LogP contribution in [0.5, 0.6) is 11.5 Å². The molecule has 134 valence electrons. The Bertz CT molecular complexity index is 835. The van der Waals surface area contributed by atoms with Crippen molar-refractivity contribution >= 4 is 22.4 Å². The number of carbonyl (C=O) groups is 1. The third-order valence-corrected chi connectivity index (χ3v) is 4.17. The first-order valence-electron chi connectivity index (χ1n) is 8.27. The Kier molecular flexibility index (Phi) is 6.16. The quantitative estimate of drug-likeness (QED) is 0.649. The van der Waals surface area contributed by atoms with E-state index < -0.39 is 0 Å². The van der Waals surface area contributed by atoms with Gasteiger partial charge in [0.2, 0.25) is 5.91 Å². The molecule has 0 aliphatic rings. The topological polar surface area (TPSA) is 73.3 Å². The summed E-state index contributed by atoms with van der Waals surface area (Å²) in [7, 11) is 0. The smallest absolute Gasteiger partial charge is 0.229 e. The highest BCUT2D eigenvalue weighted by molar-refractivity contribution is 7.14. The van der Waals surface area contributed by atoms with Gasteiger partial charge in [0.15, 0.2) is 5.13 Å². The van der Waals surface area contributed by atoms with E-state index in [1.165, 1.54) is 11.3 Å². The van der Waals surface area contributed by atoms with Crippen molar-refractivity contribution in [2.75, 3.05) is 18.5 Å². The van der Waals surface area contributed by atoms with Crippen LogP contribution in [-0.4, -0.2) is 29.1 Å². The van der Waals surface area contributed by atoms with Gasteiger partial charge >= 0.3 is 0 Å². The van der Waals surface area contributed by atoms with Crippen LogP contribution >= 0.6 is 11.3 Å². The number of amides is 1. The Balaban J connectivity index is 1.45. The number of anilines is 1. The molecule has 2 aromatic heterocycles. The molecule has 0 bridgehead atoms. The number of hydrogen-bond donors (Lipinski definition) is 1. The number of aromatic nitrogens is 2. The van der Waals surface area contributed by atoms with Crippen LogP contribution in [0.1, 0.15) is 13.3 Å². The van der Waals surface area contributed by atoms with Gasteiger partial charge in [-0.05, 0) is 43.3 Å². The molecular formula is C19H19N3O3S. The average molecular weight is 369 g/mol. The summed E-state index contributed by atoms with van der Waals surface area (Å²) in [4.78, 5) is 20.7. The summed E-state index contributed by atoms with van der Waals surface area (Å²) in [6.45, 7) is 2.85. The maximum atomic E-state index is 12.0. The maximum Gasteiger partial charge on any atom is 0.229 e. The zero-order valence-electron chi connectivity index (χ0n) is 14.3. The molecule has 1 N–H and O–H groups in total. The molecule has 0 saturated heterocycles. The van der Waals surface area contributed by atoms with Gasteiger partial charge in [0.05, 0.1) is 25.3 Å². The standard InChI is InChI=1S/C19H19N3O3S/c1-2-24-14-6-8-15(9-7-14)25-12-10-18(23)22-19-21-17(13-26-19)16-5-3-4-11-20-16/h3-9,11,13H,2,10,12H2,1H3,(H,21,22,23). The second-order valence-electron chi connectivity index (χ2n) is 5.30. The van der Waals surface area contributed by atoms with E-state index in [4.69, 9.17) is 9.47 Å². The number of pyridine rings is 1. The molecule has 2 heterocycles. The number of thiazole rings is 1. The molecule has 26 heavy (non-hydrogen) atoms. The first-order chi connectivity index (χ1) is 12.7. The molecule has 0 radical (unpaired) electrons. The molecular weight excluding hydrogens is 350 g/mol. The summed E-state index contributed by atoms with van der Waals surface area (Å²) in [5.74, 6) is 1.36. The minimum Gasteiger partial charge on any atom is -0.494 e. The van der Waals surface area contributed by atoms with Crippen molar-refractivity contribution in [1.82, 2.24) is 9.97 Å². The van der Waals surface area contributed by atoms with Gasteiger partial charge in [0.25, 0.3) is 0 Å². The molecule has 0 atom stereocenters. The fraction of sp³-hybridized carbons (Fsp3) is 0.211. The molecule has 1 amide bonds. The van der Waals surface area contributed by atoms with Crippen LogP contribution in [-0.2, 0) is 4.79 Å². The lowest BCUT2D eigenvalue weighted by Gasteiger charge is -2.07. The summed E-state index contributed by atoms with van der Waals surface area (Å²) in [6.07, 6.45) is 1.96. The van der Waals surface area contributed by atoms with Crippen LogP contribution in [0.25, 0.3) is 11.4 Å². The van der Waals surface area contributed by atoms with E-state index >= 15 is 0 Å². The van der Waals surface area contributed by atoms with Gasteiger partial charge < -0.3 is 14.8 Å². The fourth-order valence-electron chi connectivity index (χ4n) is 2.21. The average Bonchev–Trinajstić information content (AvgIpc) is 3.12. The lowest BCUT2D eigenvalue weighted by atomic mass is 10.3. The van der Waals surface area contributed by atoms with E-state index in [1.54, 1.807) is 6.20 Å². The van der Waals surface area contributed by atoms with Crippen molar-refractivity contribution in [1.29, 1.82) is 0 Å². The number of nitrogens with one attached hydrogen (secondary N) is 1. The van der Waals surface area contributed by atoms with Gasteiger partial charge in [-0.15, -0.1) is 11.3 Å². The molecule has 3 aromatic rings. The molecule has 0 aliphatic heterocycles. The number of benzene rings is 1. The SMILES string of the molecule is CCOc1ccc(OCCC(=O)Nc2nc(-c3ccccn3)cs2)cc1. The van der Waals surface area contributed by atoms with Gasteiger partial charge in [0.1, 0.15) is 17.2 Å². The van der Waals surface area contributed by atoms with Gasteiger partial charge in [-0.3, -0.25) is 9.78 Å². The molecule has 6 nitrogen and oxygen atoms in total. The van der Waals surface area contributed by atoms with Crippen molar-refractivity contribution in [2.45, 2.75) is 13.3 Å². The molecule has 1 aromatic carbocycles. The molecule has 3 rings (SSSR count). The van der Waals surface area contributed by atoms with E-state index in [0.29, 0.717) is 17.5 Å². The minimum absolute atomic E-state index is 0.141. The molecule has 7 heteroatoms. The summed E-state index contributed by atoms with van der Waals surface area (Å²) >= 11 is 1.37. The molecule has 0 spiro atoms. The van der Waals surface area contributed by atoms with Crippen molar-refractivity contribution in [2.24, 2.45) is 0 Å². The molecule has 0 aliphatic carbocycles. The molecule has 0 fully saturated rings. The Morgan fingerprint density at radius 2 is 1.85 bits per heavy atom. The highest BCUT2D eigenvalue weighted by Crippen LogP contribution is 2.23. The Labute approximate surface area is 155 Å². The Morgan fingerprint density at radius 3 is 2.54 bits per heavy atom. The maximum absolute atomic E-state index is 12.0. The van der Waals surface area contributed by atoms with E-state index in [1.807, 2.05) is 54.8 Å². The molecule has 0 unspecified atom stereocenters. The Morgan fingerprint density at radius 1 is 1.08 bits per heavy atom.